The number of nitrogens with two attached hydrogens (primary N) is 1. The van der Waals surface area contributed by atoms with E-state index in [9.17, 15) is 9.59 Å². The van der Waals surface area contributed by atoms with Crippen molar-refractivity contribution in [3.8, 4) is 0 Å². The van der Waals surface area contributed by atoms with Gasteiger partial charge in [-0.1, -0.05) is 0 Å². The Morgan fingerprint density at radius 2 is 2.36 bits per heavy atom. The molecule has 0 aliphatic heterocycles. The topological polar surface area (TPSA) is 96.2 Å². The molecule has 0 aliphatic rings. The summed E-state index contributed by atoms with van der Waals surface area (Å²) in [6, 6.07) is 0.737. The highest BCUT2D eigenvalue weighted by Crippen LogP contribution is 2.13. The number of nitrogens with one attached hydrogen (secondary N) is 1. The van der Waals surface area contributed by atoms with Gasteiger partial charge in [-0.2, -0.15) is 0 Å². The van der Waals surface area contributed by atoms with E-state index in [4.69, 9.17) is 10.8 Å². The van der Waals surface area contributed by atoms with Crippen molar-refractivity contribution in [1.29, 1.82) is 0 Å². The van der Waals surface area contributed by atoms with Gasteiger partial charge in [-0.25, -0.2) is 0 Å². The minimum Gasteiger partial charge on any atom is -0.481 e. The smallest absolute Gasteiger partial charge is 0.305 e. The molecule has 1 rings (SSSR count). The fourth-order valence-electron chi connectivity index (χ4n) is 1.05. The Kier molecular flexibility index (Phi) is 3.43. The second-order valence-electron chi connectivity index (χ2n) is 2.81. The van der Waals surface area contributed by atoms with Crippen LogP contribution in [-0.4, -0.2) is 16.1 Å². The fraction of sp³-hybridized carbons (Fsp3) is 0.250. The zero-order valence-electron chi connectivity index (χ0n) is 7.16. The zero-order chi connectivity index (χ0) is 10.7. The van der Waals surface area contributed by atoms with E-state index >= 15 is 0 Å². The van der Waals surface area contributed by atoms with Gasteiger partial charge in [0.1, 0.15) is 0 Å². The van der Waals surface area contributed by atoms with Gasteiger partial charge in [-0.05, 0) is 22.0 Å². The van der Waals surface area contributed by atoms with Crippen molar-refractivity contribution in [3.05, 3.63) is 32.7 Å². The molecule has 5 nitrogen and oxygen atoms in total. The molecular weight excluding hydrogens is 252 g/mol. The summed E-state index contributed by atoms with van der Waals surface area (Å²) in [5.41, 5.74) is 5.45. The Bertz CT molecular complexity index is 402. The van der Waals surface area contributed by atoms with Crippen molar-refractivity contribution in [2.75, 3.05) is 0 Å². The predicted octanol–water partition coefficient (Wildman–Crippen LogP) is 0.612. The molecule has 0 unspecified atom stereocenters. The van der Waals surface area contributed by atoms with Crippen LogP contribution < -0.4 is 11.3 Å². The lowest BCUT2D eigenvalue weighted by Crippen LogP contribution is -2.23. The number of H-pyrrole nitrogens is 1. The van der Waals surface area contributed by atoms with E-state index in [-0.39, 0.29) is 17.5 Å². The summed E-state index contributed by atoms with van der Waals surface area (Å²) in [5, 5.41) is 8.50. The lowest BCUT2D eigenvalue weighted by Gasteiger charge is -2.07. The Morgan fingerprint density at radius 1 is 1.71 bits per heavy atom. The average molecular weight is 261 g/mol. The van der Waals surface area contributed by atoms with Crippen LogP contribution in [0.25, 0.3) is 0 Å². The van der Waals surface area contributed by atoms with E-state index in [1.54, 1.807) is 0 Å². The maximum absolute atomic E-state index is 11.2. The van der Waals surface area contributed by atoms with Crippen LogP contribution in [0.4, 0.5) is 0 Å². The molecule has 1 aromatic rings. The minimum absolute atomic E-state index is 0.264. The van der Waals surface area contributed by atoms with E-state index < -0.39 is 12.0 Å². The van der Waals surface area contributed by atoms with Crippen LogP contribution in [0, 0.1) is 0 Å². The van der Waals surface area contributed by atoms with Gasteiger partial charge in [0.15, 0.2) is 0 Å². The molecule has 0 bridgehead atoms. The molecule has 76 valence electrons. The maximum Gasteiger partial charge on any atom is 0.305 e. The number of rotatable bonds is 3. The second kappa shape index (κ2) is 4.39. The Hall–Kier alpha value is -1.14. The minimum atomic E-state index is -1.03. The van der Waals surface area contributed by atoms with Gasteiger partial charge in [0.05, 0.1) is 6.42 Å². The van der Waals surface area contributed by atoms with Crippen LogP contribution in [0.5, 0.6) is 0 Å². The van der Waals surface area contributed by atoms with Crippen molar-refractivity contribution in [1.82, 2.24) is 4.98 Å². The first-order chi connectivity index (χ1) is 6.50. The first-order valence-corrected chi connectivity index (χ1v) is 4.65. The standard InChI is InChI=1S/C8H9BrN2O3/c9-4-1-5(8(14)11-3-4)6(10)2-7(12)13/h1,3,6H,2,10H2,(H,11,14)(H,12,13)/t6-/m0/s1. The van der Waals surface area contributed by atoms with Crippen LogP contribution in [-0.2, 0) is 4.79 Å². The molecule has 0 radical (unpaired) electrons. The first-order valence-electron chi connectivity index (χ1n) is 3.86. The molecule has 0 aliphatic carbocycles. The average Bonchev–Trinajstić information content (AvgIpc) is 2.08. The molecule has 0 saturated carbocycles. The number of aliphatic carboxylic acids is 1. The number of carboxylic acids is 1. The molecule has 0 saturated heterocycles. The largest absolute Gasteiger partial charge is 0.481 e. The summed E-state index contributed by atoms with van der Waals surface area (Å²) in [5.74, 6) is -1.03. The first kappa shape index (κ1) is 10.9. The molecule has 0 amide bonds. The van der Waals surface area contributed by atoms with E-state index in [0.717, 1.165) is 0 Å². The number of carbonyl (C=O) groups is 1. The summed E-state index contributed by atoms with van der Waals surface area (Å²) < 4.78 is 0.660. The van der Waals surface area contributed by atoms with E-state index in [1.807, 2.05) is 0 Å². The highest BCUT2D eigenvalue weighted by atomic mass is 79.9. The quantitative estimate of drug-likeness (QED) is 0.742. The monoisotopic (exact) mass is 260 g/mol. The van der Waals surface area contributed by atoms with Gasteiger partial charge in [0.25, 0.3) is 5.56 Å². The van der Waals surface area contributed by atoms with Gasteiger partial charge in [-0.15, -0.1) is 0 Å². The van der Waals surface area contributed by atoms with Crippen molar-refractivity contribution < 1.29 is 9.90 Å². The Balaban J connectivity index is 2.99. The number of hydrogen-bond donors (Lipinski definition) is 3. The van der Waals surface area contributed by atoms with Crippen LogP contribution in [0.1, 0.15) is 18.0 Å². The van der Waals surface area contributed by atoms with E-state index in [1.165, 1.54) is 12.3 Å². The Morgan fingerprint density at radius 3 is 2.93 bits per heavy atom. The van der Waals surface area contributed by atoms with Crippen molar-refractivity contribution in [3.63, 3.8) is 0 Å². The fourth-order valence-corrected chi connectivity index (χ4v) is 1.41. The van der Waals surface area contributed by atoms with E-state index in [2.05, 4.69) is 20.9 Å². The van der Waals surface area contributed by atoms with Gasteiger partial charge in [0.2, 0.25) is 0 Å². The van der Waals surface area contributed by atoms with Gasteiger partial charge < -0.3 is 15.8 Å². The van der Waals surface area contributed by atoms with Crippen LogP contribution in [0.3, 0.4) is 0 Å². The third-order valence-corrected chi connectivity index (χ3v) is 2.15. The molecule has 1 heterocycles. The number of aromatic nitrogens is 1. The Labute approximate surface area is 88.1 Å². The number of carboxylic acid groups (broad SMARTS) is 1. The normalized spacial score (nSPS) is 12.4. The number of hydrogen-bond acceptors (Lipinski definition) is 3. The lowest BCUT2D eigenvalue weighted by atomic mass is 10.1. The third kappa shape index (κ3) is 2.68. The van der Waals surface area contributed by atoms with Gasteiger partial charge in [-0.3, -0.25) is 9.59 Å². The molecule has 1 aromatic heterocycles. The van der Waals surface area contributed by atoms with Gasteiger partial charge >= 0.3 is 5.97 Å². The molecule has 6 heteroatoms. The number of pyridine rings is 1. The summed E-state index contributed by atoms with van der Waals surface area (Å²) >= 11 is 3.16. The SMILES string of the molecule is N[C@@H](CC(=O)O)c1cc(Br)c[nH]c1=O. The summed E-state index contributed by atoms with van der Waals surface area (Å²) in [7, 11) is 0. The van der Waals surface area contributed by atoms with E-state index in [0.29, 0.717) is 4.47 Å². The molecule has 1 atom stereocenters. The van der Waals surface area contributed by atoms with Crippen molar-refractivity contribution in [2.24, 2.45) is 5.73 Å². The van der Waals surface area contributed by atoms with Crippen molar-refractivity contribution >= 4 is 21.9 Å². The molecule has 0 spiro atoms. The molecule has 14 heavy (non-hydrogen) atoms. The van der Waals surface area contributed by atoms with Crippen molar-refractivity contribution in [2.45, 2.75) is 12.5 Å². The predicted molar refractivity (Wildman–Crippen MR) is 53.9 cm³/mol. The summed E-state index contributed by atoms with van der Waals surface area (Å²) in [6.07, 6.45) is 1.21. The highest BCUT2D eigenvalue weighted by Gasteiger charge is 2.14. The second-order valence-corrected chi connectivity index (χ2v) is 3.72. The summed E-state index contributed by atoms with van der Waals surface area (Å²) in [6.45, 7) is 0. The maximum atomic E-state index is 11.2. The zero-order valence-corrected chi connectivity index (χ0v) is 8.74. The van der Waals surface area contributed by atoms with Crippen LogP contribution >= 0.6 is 15.9 Å². The third-order valence-electron chi connectivity index (χ3n) is 1.69. The lowest BCUT2D eigenvalue weighted by molar-refractivity contribution is -0.137. The van der Waals surface area contributed by atoms with Crippen LogP contribution in [0.15, 0.2) is 21.5 Å². The van der Waals surface area contributed by atoms with Gasteiger partial charge in [0, 0.05) is 22.3 Å². The number of halogens is 1. The number of aromatic amines is 1. The molecule has 0 aromatic carbocycles. The van der Waals surface area contributed by atoms with Crippen LogP contribution in [0.2, 0.25) is 0 Å². The molecule has 0 fully saturated rings. The highest BCUT2D eigenvalue weighted by molar-refractivity contribution is 9.10. The molecule has 4 N–H and O–H groups in total. The molecular formula is C8H9BrN2O3. The summed E-state index contributed by atoms with van der Waals surface area (Å²) in [4.78, 5) is 24.1.